The second kappa shape index (κ2) is 7.60. The lowest BCUT2D eigenvalue weighted by Gasteiger charge is -2.19. The van der Waals surface area contributed by atoms with E-state index >= 15 is 0 Å². The SMILES string of the molecule is CCCN(Cc1cc(F)c(Cc2n[nH]c(=O)o2)cc1F)S(C)=O. The van der Waals surface area contributed by atoms with Gasteiger partial charge in [0.15, 0.2) is 0 Å². The third kappa shape index (κ3) is 4.55. The smallest absolute Gasteiger partial charge is 0.392 e. The molecule has 0 spiro atoms. The minimum atomic E-state index is -1.27. The first kappa shape index (κ1) is 17.5. The minimum absolute atomic E-state index is 0.0247. The molecule has 0 saturated heterocycles. The number of benzene rings is 1. The van der Waals surface area contributed by atoms with Crippen molar-refractivity contribution in [1.82, 2.24) is 14.5 Å². The zero-order valence-electron chi connectivity index (χ0n) is 12.8. The molecule has 23 heavy (non-hydrogen) atoms. The zero-order valence-corrected chi connectivity index (χ0v) is 13.6. The Kier molecular flexibility index (Phi) is 5.78. The van der Waals surface area contributed by atoms with Gasteiger partial charge in [0.1, 0.15) is 11.6 Å². The van der Waals surface area contributed by atoms with Crippen LogP contribution in [0.1, 0.15) is 30.4 Å². The molecule has 0 aliphatic rings. The lowest BCUT2D eigenvalue weighted by atomic mass is 10.1. The third-order valence-electron chi connectivity index (χ3n) is 3.22. The molecule has 2 rings (SSSR count). The first-order chi connectivity index (χ1) is 10.9. The summed E-state index contributed by atoms with van der Waals surface area (Å²) in [4.78, 5) is 10.8. The van der Waals surface area contributed by atoms with E-state index < -0.39 is 28.4 Å². The molecule has 1 aromatic carbocycles. The van der Waals surface area contributed by atoms with E-state index in [9.17, 15) is 17.8 Å². The molecule has 1 heterocycles. The summed E-state index contributed by atoms with van der Waals surface area (Å²) in [6.07, 6.45) is 2.11. The Bertz CT molecular complexity index is 760. The molecule has 1 N–H and O–H groups in total. The van der Waals surface area contributed by atoms with Gasteiger partial charge in [0.2, 0.25) is 5.89 Å². The summed E-state index contributed by atoms with van der Waals surface area (Å²) in [6, 6.07) is 2.12. The van der Waals surface area contributed by atoms with Crippen LogP contribution in [-0.4, -0.2) is 31.5 Å². The number of aromatic nitrogens is 2. The summed E-state index contributed by atoms with van der Waals surface area (Å²) in [6.45, 7) is 2.49. The number of halogens is 2. The van der Waals surface area contributed by atoms with Crippen LogP contribution in [0.25, 0.3) is 0 Å². The molecule has 9 heteroatoms. The van der Waals surface area contributed by atoms with Gasteiger partial charge >= 0.3 is 5.76 Å². The second-order valence-electron chi connectivity index (χ2n) is 5.01. The van der Waals surface area contributed by atoms with Crippen molar-refractivity contribution in [2.45, 2.75) is 26.3 Å². The van der Waals surface area contributed by atoms with E-state index in [1.807, 2.05) is 6.92 Å². The summed E-state index contributed by atoms with van der Waals surface area (Å²) >= 11 is 0. The van der Waals surface area contributed by atoms with Gasteiger partial charge in [-0.3, -0.25) is 0 Å². The van der Waals surface area contributed by atoms with E-state index in [0.717, 1.165) is 18.6 Å². The zero-order chi connectivity index (χ0) is 17.0. The average Bonchev–Trinajstić information content (AvgIpc) is 2.88. The molecule has 1 unspecified atom stereocenters. The molecule has 1 atom stereocenters. The van der Waals surface area contributed by atoms with Crippen LogP contribution >= 0.6 is 0 Å². The minimum Gasteiger partial charge on any atom is -0.392 e. The number of hydrogen-bond donors (Lipinski definition) is 1. The first-order valence-electron chi connectivity index (χ1n) is 7.00. The maximum atomic E-state index is 14.2. The predicted molar refractivity (Wildman–Crippen MR) is 81.1 cm³/mol. The van der Waals surface area contributed by atoms with Gasteiger partial charge in [-0.25, -0.2) is 27.2 Å². The van der Waals surface area contributed by atoms with Gasteiger partial charge < -0.3 is 4.42 Å². The Morgan fingerprint density at radius 1 is 1.30 bits per heavy atom. The molecule has 2 aromatic rings. The fourth-order valence-corrected chi connectivity index (χ4v) is 2.88. The highest BCUT2D eigenvalue weighted by Crippen LogP contribution is 2.19. The number of rotatable bonds is 7. The number of aromatic amines is 1. The van der Waals surface area contributed by atoms with Crippen molar-refractivity contribution >= 4 is 11.0 Å². The van der Waals surface area contributed by atoms with Crippen LogP contribution in [0.15, 0.2) is 21.3 Å². The van der Waals surface area contributed by atoms with Crippen molar-refractivity contribution in [3.63, 3.8) is 0 Å². The van der Waals surface area contributed by atoms with Crippen LogP contribution in [0.2, 0.25) is 0 Å². The highest BCUT2D eigenvalue weighted by Gasteiger charge is 2.16. The second-order valence-corrected chi connectivity index (χ2v) is 6.37. The predicted octanol–water partition coefficient (Wildman–Crippen LogP) is 1.74. The van der Waals surface area contributed by atoms with Crippen molar-refractivity contribution in [2.75, 3.05) is 12.8 Å². The van der Waals surface area contributed by atoms with Crippen LogP contribution in [-0.2, 0) is 24.0 Å². The van der Waals surface area contributed by atoms with Gasteiger partial charge in [-0.1, -0.05) is 6.92 Å². The van der Waals surface area contributed by atoms with Crippen LogP contribution in [0.5, 0.6) is 0 Å². The standard InChI is InChI=1S/C14H17F2N3O3S/c1-3-4-19(23(2)21)8-10-6-11(15)9(5-12(10)16)7-13-17-18-14(20)22-13/h5-6H,3-4,7-8H2,1-2H3,(H,18,20). The fraction of sp³-hybridized carbons (Fsp3) is 0.429. The molecule has 0 aliphatic heterocycles. The highest BCUT2D eigenvalue weighted by atomic mass is 32.2. The molecule has 126 valence electrons. The molecule has 0 fully saturated rings. The maximum Gasteiger partial charge on any atom is 0.434 e. The van der Waals surface area contributed by atoms with Crippen molar-refractivity contribution in [2.24, 2.45) is 0 Å². The molecule has 0 radical (unpaired) electrons. The van der Waals surface area contributed by atoms with Crippen LogP contribution < -0.4 is 5.76 Å². The van der Waals surface area contributed by atoms with Crippen molar-refractivity contribution in [3.8, 4) is 0 Å². The molecule has 0 aliphatic carbocycles. The maximum absolute atomic E-state index is 14.2. The molecular weight excluding hydrogens is 328 g/mol. The number of H-pyrrole nitrogens is 1. The van der Waals surface area contributed by atoms with Gasteiger partial charge in [-0.05, 0) is 18.6 Å². The largest absolute Gasteiger partial charge is 0.434 e. The van der Waals surface area contributed by atoms with Gasteiger partial charge in [0.25, 0.3) is 0 Å². The van der Waals surface area contributed by atoms with Gasteiger partial charge in [0.05, 0.1) is 17.4 Å². The van der Waals surface area contributed by atoms with Gasteiger partial charge in [0, 0.05) is 30.5 Å². The van der Waals surface area contributed by atoms with Gasteiger partial charge in [-0.2, -0.15) is 0 Å². The Morgan fingerprint density at radius 2 is 1.96 bits per heavy atom. The molecule has 6 nitrogen and oxygen atoms in total. The third-order valence-corrected chi connectivity index (χ3v) is 4.26. The molecule has 1 aromatic heterocycles. The number of nitrogens with one attached hydrogen (secondary N) is 1. The van der Waals surface area contributed by atoms with Gasteiger partial charge in [-0.15, -0.1) is 5.10 Å². The summed E-state index contributed by atoms with van der Waals surface area (Å²) < 4.78 is 46.2. The van der Waals surface area contributed by atoms with E-state index in [4.69, 9.17) is 0 Å². The van der Waals surface area contributed by atoms with E-state index in [0.29, 0.717) is 6.54 Å². The van der Waals surface area contributed by atoms with E-state index in [-0.39, 0.29) is 30.0 Å². The van der Waals surface area contributed by atoms with E-state index in [1.165, 1.54) is 6.26 Å². The highest BCUT2D eigenvalue weighted by molar-refractivity contribution is 7.81. The Balaban J connectivity index is 2.22. The first-order valence-corrected chi connectivity index (χ1v) is 8.51. The normalized spacial score (nSPS) is 12.7. The summed E-state index contributed by atoms with van der Waals surface area (Å²) in [5.41, 5.74) is 0.152. The molecular formula is C14H17F2N3O3S. The molecule has 0 amide bonds. The summed E-state index contributed by atoms with van der Waals surface area (Å²) in [7, 11) is -1.27. The van der Waals surface area contributed by atoms with E-state index in [1.54, 1.807) is 4.31 Å². The summed E-state index contributed by atoms with van der Waals surface area (Å²) in [5, 5.41) is 5.62. The number of nitrogens with zero attached hydrogens (tertiary/aromatic N) is 2. The Labute approximate surface area is 134 Å². The molecule has 0 bridgehead atoms. The quantitative estimate of drug-likeness (QED) is 0.829. The monoisotopic (exact) mass is 345 g/mol. The Hall–Kier alpha value is -1.87. The Morgan fingerprint density at radius 3 is 2.52 bits per heavy atom. The lowest BCUT2D eigenvalue weighted by Crippen LogP contribution is -2.26. The number of hydrogen-bond acceptors (Lipinski definition) is 4. The lowest BCUT2D eigenvalue weighted by molar-refractivity contribution is 0.427. The van der Waals surface area contributed by atoms with Crippen molar-refractivity contribution in [1.29, 1.82) is 0 Å². The van der Waals surface area contributed by atoms with Crippen molar-refractivity contribution in [3.05, 3.63) is 51.3 Å². The fourth-order valence-electron chi connectivity index (χ4n) is 2.12. The average molecular weight is 345 g/mol. The topological polar surface area (TPSA) is 79.2 Å². The summed E-state index contributed by atoms with van der Waals surface area (Å²) in [5.74, 6) is -2.02. The van der Waals surface area contributed by atoms with Crippen molar-refractivity contribution < 1.29 is 17.4 Å². The van der Waals surface area contributed by atoms with E-state index in [2.05, 4.69) is 14.6 Å². The van der Waals surface area contributed by atoms with Crippen LogP contribution in [0, 0.1) is 11.6 Å². The van der Waals surface area contributed by atoms with Crippen LogP contribution in [0.4, 0.5) is 8.78 Å². The molecule has 0 saturated carbocycles. The van der Waals surface area contributed by atoms with Crippen LogP contribution in [0.3, 0.4) is 0 Å².